The summed E-state index contributed by atoms with van der Waals surface area (Å²) in [6.07, 6.45) is 0.313. The number of nitrogens with one attached hydrogen (secondary N) is 1. The third kappa shape index (κ3) is 4.76. The second-order valence-corrected chi connectivity index (χ2v) is 13.0. The van der Waals surface area contributed by atoms with E-state index in [-0.39, 0.29) is 40.0 Å². The molecule has 1 heterocycles. The minimum atomic E-state index is -4.17. The molecule has 0 saturated carbocycles. The number of anilines is 1. The first kappa shape index (κ1) is 26.3. The zero-order chi connectivity index (χ0) is 25.9. The molecule has 1 saturated heterocycles. The molecule has 0 spiro atoms. The first-order chi connectivity index (χ1) is 15.4. The van der Waals surface area contributed by atoms with Crippen LogP contribution in [0.25, 0.3) is 0 Å². The van der Waals surface area contributed by atoms with Crippen LogP contribution in [0.3, 0.4) is 0 Å². The quantitative estimate of drug-likeness (QED) is 0.512. The average molecular weight is 509 g/mol. The fourth-order valence-electron chi connectivity index (χ4n) is 4.17. The van der Waals surface area contributed by atoms with Gasteiger partial charge in [0.05, 0.1) is 5.02 Å². The second kappa shape index (κ2) is 8.43. The minimum absolute atomic E-state index is 0.0160. The molecule has 1 atom stereocenters. The molecule has 2 aromatic rings. The van der Waals surface area contributed by atoms with Crippen LogP contribution in [0.2, 0.25) is 5.02 Å². The van der Waals surface area contributed by atoms with Crippen molar-refractivity contribution in [1.82, 2.24) is 4.90 Å². The third-order valence-corrected chi connectivity index (χ3v) is 8.14. The van der Waals surface area contributed by atoms with Crippen LogP contribution in [0.4, 0.5) is 5.69 Å². The number of phenolic OH excluding ortho intramolecular Hbond substituents is 1. The van der Waals surface area contributed by atoms with Crippen molar-refractivity contribution < 1.29 is 23.4 Å². The zero-order valence-electron chi connectivity index (χ0n) is 20.7. The fraction of sp³-hybridized carbons (Fsp3) is 0.480. The highest BCUT2D eigenvalue weighted by Gasteiger charge is 2.43. The fourth-order valence-corrected chi connectivity index (χ4v) is 5.73. The minimum Gasteiger partial charge on any atom is -0.507 e. The maximum atomic E-state index is 13.4. The molecule has 186 valence electrons. The summed E-state index contributed by atoms with van der Waals surface area (Å²) < 4.78 is 29.4. The monoisotopic (exact) mass is 508 g/mol. The van der Waals surface area contributed by atoms with Crippen molar-refractivity contribution in [3.8, 4) is 5.75 Å². The van der Waals surface area contributed by atoms with Crippen molar-refractivity contribution >= 4 is 33.2 Å². The highest BCUT2D eigenvalue weighted by molar-refractivity contribution is 7.92. The van der Waals surface area contributed by atoms with Crippen LogP contribution in [0.1, 0.15) is 71.1 Å². The number of amides is 1. The van der Waals surface area contributed by atoms with Crippen molar-refractivity contribution in [2.45, 2.75) is 75.8 Å². The third-order valence-electron chi connectivity index (χ3n) is 6.28. The number of hydrogen-bond donors (Lipinski definition) is 3. The van der Waals surface area contributed by atoms with E-state index < -0.39 is 26.6 Å². The number of likely N-dealkylation sites (tertiary alicyclic amines) is 1. The molecule has 0 bridgehead atoms. The molecule has 3 rings (SSSR count). The SMILES string of the molecule is CN1C(=O)CCC1(O)c1ccc(Cl)c(S(=O)(=O)Nc2cc(C(C)(C)C)c(O)c(C(C)(C)C)c2)c1. The molecule has 1 aliphatic rings. The van der Waals surface area contributed by atoms with Crippen molar-refractivity contribution in [3.05, 3.63) is 52.0 Å². The number of hydrogen-bond acceptors (Lipinski definition) is 5. The van der Waals surface area contributed by atoms with Crippen LogP contribution in [0.15, 0.2) is 35.2 Å². The first-order valence-electron chi connectivity index (χ1n) is 11.1. The van der Waals surface area contributed by atoms with E-state index in [1.54, 1.807) is 12.1 Å². The topological polar surface area (TPSA) is 107 Å². The predicted octanol–water partition coefficient (Wildman–Crippen LogP) is 4.84. The maximum Gasteiger partial charge on any atom is 0.263 e. The van der Waals surface area contributed by atoms with Gasteiger partial charge in [-0.25, -0.2) is 8.42 Å². The summed E-state index contributed by atoms with van der Waals surface area (Å²) in [4.78, 5) is 13.0. The van der Waals surface area contributed by atoms with Gasteiger partial charge in [-0.1, -0.05) is 59.2 Å². The van der Waals surface area contributed by atoms with E-state index in [0.29, 0.717) is 16.8 Å². The van der Waals surface area contributed by atoms with Crippen LogP contribution >= 0.6 is 11.6 Å². The summed E-state index contributed by atoms with van der Waals surface area (Å²) >= 11 is 6.28. The molecule has 1 unspecified atom stereocenters. The number of phenols is 1. The van der Waals surface area contributed by atoms with Gasteiger partial charge in [-0.05, 0) is 35.1 Å². The number of halogens is 1. The van der Waals surface area contributed by atoms with Gasteiger partial charge in [0.15, 0.2) is 5.72 Å². The zero-order valence-corrected chi connectivity index (χ0v) is 22.2. The van der Waals surface area contributed by atoms with Gasteiger partial charge in [0.25, 0.3) is 10.0 Å². The highest BCUT2D eigenvalue weighted by Crippen LogP contribution is 2.42. The van der Waals surface area contributed by atoms with E-state index in [0.717, 1.165) is 0 Å². The Morgan fingerprint density at radius 3 is 2.00 bits per heavy atom. The molecule has 7 nitrogen and oxygen atoms in total. The molecule has 0 aromatic heterocycles. The largest absolute Gasteiger partial charge is 0.507 e. The summed E-state index contributed by atoms with van der Waals surface area (Å²) in [5.41, 5.74) is -0.708. The number of carbonyl (C=O) groups excluding carboxylic acids is 1. The Kier molecular flexibility index (Phi) is 6.52. The van der Waals surface area contributed by atoms with E-state index in [2.05, 4.69) is 4.72 Å². The molecule has 1 aliphatic heterocycles. The summed E-state index contributed by atoms with van der Waals surface area (Å²) in [6, 6.07) is 7.47. The Morgan fingerprint density at radius 2 is 1.56 bits per heavy atom. The molecule has 3 N–H and O–H groups in total. The molecule has 0 aliphatic carbocycles. The van der Waals surface area contributed by atoms with Gasteiger partial charge in [-0.2, -0.15) is 0 Å². The highest BCUT2D eigenvalue weighted by atomic mass is 35.5. The normalized spacial score (nSPS) is 19.6. The standard InChI is InChI=1S/C25H33ClN2O5S/c1-23(2,3)17-13-16(14-18(22(17)30)24(4,5)6)27-34(32,33)20-12-15(8-9-19(20)26)25(31)11-10-21(29)28(25)7/h8-9,12-14,27,30-31H,10-11H2,1-7H3. The van der Waals surface area contributed by atoms with Gasteiger partial charge >= 0.3 is 0 Å². The molecular formula is C25H33ClN2O5S. The van der Waals surface area contributed by atoms with E-state index >= 15 is 0 Å². The number of aromatic hydroxyl groups is 1. The van der Waals surface area contributed by atoms with E-state index in [1.165, 1.54) is 30.1 Å². The van der Waals surface area contributed by atoms with Gasteiger partial charge in [-0.3, -0.25) is 9.52 Å². The van der Waals surface area contributed by atoms with Gasteiger partial charge in [0, 0.05) is 42.3 Å². The average Bonchev–Trinajstić information content (AvgIpc) is 2.96. The molecule has 1 fully saturated rings. The maximum absolute atomic E-state index is 13.4. The lowest BCUT2D eigenvalue weighted by Gasteiger charge is -2.31. The summed E-state index contributed by atoms with van der Waals surface area (Å²) in [5, 5.41) is 22.0. The number of sulfonamides is 1. The Hall–Kier alpha value is -2.29. The van der Waals surface area contributed by atoms with Crippen LogP contribution < -0.4 is 4.72 Å². The van der Waals surface area contributed by atoms with Crippen LogP contribution in [0.5, 0.6) is 5.75 Å². The van der Waals surface area contributed by atoms with Crippen LogP contribution in [-0.4, -0.2) is 36.5 Å². The van der Waals surface area contributed by atoms with Crippen LogP contribution in [0, 0.1) is 0 Å². The Morgan fingerprint density at radius 1 is 1.03 bits per heavy atom. The van der Waals surface area contributed by atoms with Gasteiger partial charge < -0.3 is 15.1 Å². The first-order valence-corrected chi connectivity index (χ1v) is 12.9. The number of rotatable bonds is 4. The Labute approximate surface area is 206 Å². The summed E-state index contributed by atoms with van der Waals surface area (Å²) in [7, 11) is -2.69. The summed E-state index contributed by atoms with van der Waals surface area (Å²) in [5.74, 6) is -0.0902. The van der Waals surface area contributed by atoms with Gasteiger partial charge in [-0.15, -0.1) is 0 Å². The smallest absolute Gasteiger partial charge is 0.263 e. The lowest BCUT2D eigenvalue weighted by atomic mass is 9.79. The van der Waals surface area contributed by atoms with Crippen molar-refractivity contribution in [1.29, 1.82) is 0 Å². The van der Waals surface area contributed by atoms with E-state index in [1.807, 2.05) is 41.5 Å². The lowest BCUT2D eigenvalue weighted by molar-refractivity contribution is -0.142. The molecule has 0 radical (unpaired) electrons. The molecule has 9 heteroatoms. The molecule has 1 amide bonds. The predicted molar refractivity (Wildman–Crippen MR) is 134 cm³/mol. The van der Waals surface area contributed by atoms with Gasteiger partial charge in [0.2, 0.25) is 5.91 Å². The second-order valence-electron chi connectivity index (χ2n) is 10.9. The Bertz CT molecular complexity index is 1210. The number of carbonyl (C=O) groups is 1. The molecule has 34 heavy (non-hydrogen) atoms. The molecular weight excluding hydrogens is 476 g/mol. The lowest BCUT2D eigenvalue weighted by Crippen LogP contribution is -2.40. The number of aliphatic hydroxyl groups is 1. The van der Waals surface area contributed by atoms with Gasteiger partial charge in [0.1, 0.15) is 10.6 Å². The van der Waals surface area contributed by atoms with Crippen molar-refractivity contribution in [3.63, 3.8) is 0 Å². The Balaban J connectivity index is 2.11. The van der Waals surface area contributed by atoms with E-state index in [4.69, 9.17) is 11.6 Å². The molecule has 2 aromatic carbocycles. The number of benzene rings is 2. The summed E-state index contributed by atoms with van der Waals surface area (Å²) in [6.45, 7) is 11.6. The van der Waals surface area contributed by atoms with Crippen molar-refractivity contribution in [2.75, 3.05) is 11.8 Å². The number of nitrogens with zero attached hydrogens (tertiary/aromatic N) is 1. The van der Waals surface area contributed by atoms with Crippen molar-refractivity contribution in [2.24, 2.45) is 0 Å². The van der Waals surface area contributed by atoms with E-state index in [9.17, 15) is 23.4 Å². The van der Waals surface area contributed by atoms with Crippen LogP contribution in [-0.2, 0) is 31.4 Å².